The number of aliphatic hydroxyl groups is 1. The number of benzene rings is 1. The summed E-state index contributed by atoms with van der Waals surface area (Å²) < 4.78 is 0. The number of aryl methyl sites for hydroxylation is 1. The molecule has 2 aromatic rings. The van der Waals surface area contributed by atoms with Crippen molar-refractivity contribution in [1.29, 1.82) is 0 Å². The van der Waals surface area contributed by atoms with Gasteiger partial charge in [0.1, 0.15) is 6.04 Å². The molecule has 6 rings (SSSR count). The minimum atomic E-state index is -1.10. The van der Waals surface area contributed by atoms with Crippen LogP contribution in [0.15, 0.2) is 36.5 Å². The van der Waals surface area contributed by atoms with Gasteiger partial charge in [0.2, 0.25) is 11.8 Å². The quantitative estimate of drug-likeness (QED) is 0.646. The number of carbonyl (C=O) groups is 4. The van der Waals surface area contributed by atoms with E-state index in [1.165, 1.54) is 5.56 Å². The van der Waals surface area contributed by atoms with Gasteiger partial charge in [-0.05, 0) is 61.4 Å². The molecule has 2 fully saturated rings. The van der Waals surface area contributed by atoms with Crippen molar-refractivity contribution in [2.45, 2.75) is 56.2 Å². The predicted molar refractivity (Wildman–Crippen MR) is 123 cm³/mol. The molecule has 9 nitrogen and oxygen atoms in total. The van der Waals surface area contributed by atoms with E-state index in [-0.39, 0.29) is 24.0 Å². The van der Waals surface area contributed by atoms with Crippen molar-refractivity contribution in [2.75, 3.05) is 13.1 Å². The monoisotopic (exact) mass is 474 g/mol. The van der Waals surface area contributed by atoms with Gasteiger partial charge in [-0.3, -0.25) is 39.3 Å². The van der Waals surface area contributed by atoms with E-state index < -0.39 is 35.3 Å². The number of rotatable bonds is 3. The van der Waals surface area contributed by atoms with E-state index in [9.17, 15) is 24.3 Å². The molecular formula is C26H26N4O5. The molecule has 1 aliphatic carbocycles. The zero-order chi connectivity index (χ0) is 24.3. The second-order valence-electron chi connectivity index (χ2n) is 9.87. The number of fused-ring (bicyclic) bond motifs is 2. The highest BCUT2D eigenvalue weighted by molar-refractivity contribution is 6.23. The van der Waals surface area contributed by atoms with Crippen LogP contribution < -0.4 is 5.32 Å². The van der Waals surface area contributed by atoms with Crippen molar-refractivity contribution in [3.8, 4) is 0 Å². The van der Waals surface area contributed by atoms with Gasteiger partial charge in [-0.2, -0.15) is 0 Å². The van der Waals surface area contributed by atoms with Crippen LogP contribution in [0.5, 0.6) is 0 Å². The van der Waals surface area contributed by atoms with Crippen molar-refractivity contribution < 1.29 is 24.3 Å². The Labute approximate surface area is 202 Å². The molecule has 2 N–H and O–H groups in total. The Morgan fingerprint density at radius 3 is 2.46 bits per heavy atom. The Morgan fingerprint density at radius 2 is 1.69 bits per heavy atom. The molecule has 9 heteroatoms. The van der Waals surface area contributed by atoms with Crippen LogP contribution in [0.3, 0.4) is 0 Å². The van der Waals surface area contributed by atoms with E-state index >= 15 is 0 Å². The first-order valence-corrected chi connectivity index (χ1v) is 12.1. The lowest BCUT2D eigenvalue weighted by molar-refractivity contribution is -0.136. The van der Waals surface area contributed by atoms with Crippen LogP contribution >= 0.6 is 0 Å². The molecule has 0 spiro atoms. The Bertz CT molecular complexity index is 1270. The van der Waals surface area contributed by atoms with E-state index in [4.69, 9.17) is 0 Å². The van der Waals surface area contributed by atoms with Gasteiger partial charge in [-0.25, -0.2) is 0 Å². The van der Waals surface area contributed by atoms with Crippen molar-refractivity contribution in [3.63, 3.8) is 0 Å². The van der Waals surface area contributed by atoms with Crippen LogP contribution in [-0.2, 0) is 21.6 Å². The minimum Gasteiger partial charge on any atom is -0.385 e. The topological polar surface area (TPSA) is 120 Å². The van der Waals surface area contributed by atoms with E-state index in [1.54, 1.807) is 18.2 Å². The molecule has 35 heavy (non-hydrogen) atoms. The molecule has 180 valence electrons. The van der Waals surface area contributed by atoms with Gasteiger partial charge in [-0.1, -0.05) is 12.1 Å². The van der Waals surface area contributed by atoms with Gasteiger partial charge in [0, 0.05) is 37.4 Å². The summed E-state index contributed by atoms with van der Waals surface area (Å²) in [5, 5.41) is 13.7. The van der Waals surface area contributed by atoms with Crippen molar-refractivity contribution in [3.05, 3.63) is 64.5 Å². The number of amides is 4. The number of pyridine rings is 1. The minimum absolute atomic E-state index is 0.0762. The number of nitrogens with zero attached hydrogens (tertiary/aromatic N) is 3. The molecule has 0 saturated carbocycles. The third-order valence-electron chi connectivity index (χ3n) is 7.98. The number of nitrogens with one attached hydrogen (secondary N) is 1. The average Bonchev–Trinajstić information content (AvgIpc) is 3.39. The molecule has 2 saturated heterocycles. The van der Waals surface area contributed by atoms with Crippen molar-refractivity contribution >= 4 is 23.6 Å². The standard InChI is InChI=1S/C26H26N4O5/c31-22-8-7-21(23(32)28-22)30-24(33)16-4-3-15(14-18(16)25(30)34)26(35)9-12-29(13-10-26)20-6-5-19-17(20)2-1-11-27-19/h1-4,11,14,20-21,35H,5-10,12-13H2,(H,28,31,32). The number of imide groups is 2. The maximum atomic E-state index is 13.2. The molecule has 0 radical (unpaired) electrons. The smallest absolute Gasteiger partial charge is 0.262 e. The molecule has 1 aromatic carbocycles. The highest BCUT2D eigenvalue weighted by Crippen LogP contribution is 2.41. The van der Waals surface area contributed by atoms with Crippen molar-refractivity contribution in [2.24, 2.45) is 0 Å². The zero-order valence-corrected chi connectivity index (χ0v) is 19.2. The number of aromatic nitrogens is 1. The summed E-state index contributed by atoms with van der Waals surface area (Å²) >= 11 is 0. The molecule has 3 aliphatic heterocycles. The summed E-state index contributed by atoms with van der Waals surface area (Å²) in [5.74, 6) is -2.14. The van der Waals surface area contributed by atoms with E-state index in [2.05, 4.69) is 21.3 Å². The second-order valence-corrected chi connectivity index (χ2v) is 9.87. The summed E-state index contributed by atoms with van der Waals surface area (Å²) in [7, 11) is 0. The SMILES string of the molecule is O=C1CCC(N2C(=O)c3ccc(C4(O)CCN(C5CCc6ncccc65)CC4)cc3C2=O)C(=O)N1. The highest BCUT2D eigenvalue weighted by Gasteiger charge is 2.46. The first-order valence-electron chi connectivity index (χ1n) is 12.1. The van der Waals surface area contributed by atoms with Gasteiger partial charge in [0.25, 0.3) is 11.8 Å². The zero-order valence-electron chi connectivity index (χ0n) is 19.2. The van der Waals surface area contributed by atoms with Gasteiger partial charge in [0.15, 0.2) is 0 Å². The van der Waals surface area contributed by atoms with E-state index in [0.717, 1.165) is 23.4 Å². The number of carbonyl (C=O) groups excluding carboxylic acids is 4. The van der Waals surface area contributed by atoms with E-state index in [0.29, 0.717) is 37.5 Å². The molecule has 1 aromatic heterocycles. The molecule has 4 amide bonds. The second kappa shape index (κ2) is 8.07. The molecule has 2 atom stereocenters. The number of hydrogen-bond donors (Lipinski definition) is 2. The summed E-state index contributed by atoms with van der Waals surface area (Å²) in [4.78, 5) is 57.7. The molecule has 4 aliphatic rings. The van der Waals surface area contributed by atoms with Gasteiger partial charge >= 0.3 is 0 Å². The number of piperidine rings is 2. The third-order valence-corrected chi connectivity index (χ3v) is 7.98. The lowest BCUT2D eigenvalue weighted by Gasteiger charge is -2.41. The summed E-state index contributed by atoms with van der Waals surface area (Å²) in [6, 6.07) is 8.30. The van der Waals surface area contributed by atoms with Crippen LogP contribution in [-0.4, -0.2) is 62.7 Å². The largest absolute Gasteiger partial charge is 0.385 e. The van der Waals surface area contributed by atoms with Crippen LogP contribution in [0, 0.1) is 0 Å². The molecule has 4 heterocycles. The van der Waals surface area contributed by atoms with Gasteiger partial charge in [-0.15, -0.1) is 0 Å². The summed E-state index contributed by atoms with van der Waals surface area (Å²) in [5.41, 5.74) is 2.35. The Hall–Kier alpha value is -3.43. The fraction of sp³-hybridized carbons (Fsp3) is 0.423. The molecule has 2 unspecified atom stereocenters. The summed E-state index contributed by atoms with van der Waals surface area (Å²) in [6.07, 6.45) is 5.03. The lowest BCUT2D eigenvalue weighted by Crippen LogP contribution is -2.54. The molecule has 0 bridgehead atoms. The fourth-order valence-electron chi connectivity index (χ4n) is 6.03. The van der Waals surface area contributed by atoms with Crippen LogP contribution in [0.25, 0.3) is 0 Å². The van der Waals surface area contributed by atoms with Gasteiger partial charge in [0.05, 0.1) is 16.7 Å². The summed E-state index contributed by atoms with van der Waals surface area (Å²) in [6.45, 7) is 1.42. The Balaban J connectivity index is 1.20. The maximum absolute atomic E-state index is 13.2. The first-order chi connectivity index (χ1) is 16.9. The van der Waals surface area contributed by atoms with Crippen LogP contribution in [0.4, 0.5) is 0 Å². The number of likely N-dealkylation sites (tertiary alicyclic amines) is 1. The fourth-order valence-corrected chi connectivity index (χ4v) is 6.03. The first kappa shape index (κ1) is 22.1. The highest BCUT2D eigenvalue weighted by atomic mass is 16.3. The Kier molecular flexibility index (Phi) is 5.08. The predicted octanol–water partition coefficient (Wildman–Crippen LogP) is 1.45. The Morgan fingerprint density at radius 1 is 0.943 bits per heavy atom. The average molecular weight is 475 g/mol. The van der Waals surface area contributed by atoms with E-state index in [1.807, 2.05) is 12.3 Å². The van der Waals surface area contributed by atoms with Crippen molar-refractivity contribution in [1.82, 2.24) is 20.1 Å². The molecular weight excluding hydrogens is 448 g/mol. The number of hydrogen-bond acceptors (Lipinski definition) is 7. The van der Waals surface area contributed by atoms with Gasteiger partial charge < -0.3 is 5.11 Å². The van der Waals surface area contributed by atoms with Crippen LogP contribution in [0.2, 0.25) is 0 Å². The lowest BCUT2D eigenvalue weighted by atomic mass is 9.82. The van der Waals surface area contributed by atoms with Crippen LogP contribution in [0.1, 0.15) is 75.7 Å². The normalized spacial score (nSPS) is 26.0. The maximum Gasteiger partial charge on any atom is 0.262 e. The third kappa shape index (κ3) is 3.49.